The number of rotatable bonds is 78. The van der Waals surface area contributed by atoms with E-state index in [1.54, 1.807) is 0 Å². The maximum Gasteiger partial charge on any atom is 0.305 e. The first-order chi connectivity index (χ1) is 43.5. The molecule has 524 valence electrons. The zero-order valence-electron chi connectivity index (χ0n) is 60.3. The van der Waals surface area contributed by atoms with Gasteiger partial charge in [0.25, 0.3) is 0 Å². The highest BCUT2D eigenvalue weighted by Gasteiger charge is 2.20. The number of nitrogens with one attached hydrogen (secondary N) is 1. The third kappa shape index (κ3) is 73.6. The summed E-state index contributed by atoms with van der Waals surface area (Å²) < 4.78 is 5.50. The van der Waals surface area contributed by atoms with Crippen LogP contribution in [0, 0.1) is 0 Å². The van der Waals surface area contributed by atoms with Crippen LogP contribution in [0.4, 0.5) is 0 Å². The molecule has 0 heterocycles. The fraction of sp³-hybridized carbons (Fsp3) is 0.951. The van der Waals surface area contributed by atoms with Gasteiger partial charge in [-0.15, -0.1) is 0 Å². The Morgan fingerprint density at radius 3 is 0.807 bits per heavy atom. The van der Waals surface area contributed by atoms with Crippen LogP contribution in [0.5, 0.6) is 0 Å². The van der Waals surface area contributed by atoms with Crippen LogP contribution >= 0.6 is 0 Å². The highest BCUT2D eigenvalue weighted by molar-refractivity contribution is 5.76. The predicted octanol–water partition coefficient (Wildman–Crippen LogP) is 27.1. The second-order valence-corrected chi connectivity index (χ2v) is 28.5. The molecule has 6 nitrogen and oxygen atoms in total. The van der Waals surface area contributed by atoms with Gasteiger partial charge in [0.15, 0.2) is 0 Å². The Bertz CT molecular complexity index is 1340. The average molecular weight is 1240 g/mol. The first kappa shape index (κ1) is 86.6. The fourth-order valence-corrected chi connectivity index (χ4v) is 13.3. The van der Waals surface area contributed by atoms with Crippen molar-refractivity contribution in [3.05, 3.63) is 12.2 Å². The summed E-state index contributed by atoms with van der Waals surface area (Å²) in [5.74, 6) is -0.00938. The molecule has 0 aliphatic carbocycles. The van der Waals surface area contributed by atoms with E-state index in [4.69, 9.17) is 4.74 Å². The molecule has 1 amide bonds. The van der Waals surface area contributed by atoms with E-state index in [0.29, 0.717) is 25.9 Å². The number of amides is 1. The van der Waals surface area contributed by atoms with Crippen molar-refractivity contribution in [3.8, 4) is 0 Å². The Labute approximate surface area is 552 Å². The van der Waals surface area contributed by atoms with Crippen LogP contribution in [0.3, 0.4) is 0 Å². The smallest absolute Gasteiger partial charge is 0.305 e. The van der Waals surface area contributed by atoms with Gasteiger partial charge in [-0.2, -0.15) is 0 Å². The molecule has 0 aromatic heterocycles. The minimum Gasteiger partial charge on any atom is -0.466 e. The standard InChI is InChI=1S/C82H161NO5/c1-3-5-7-9-11-13-15-17-19-20-21-22-23-35-38-41-44-47-50-54-58-62-66-70-74-80(85)79(78-84)83-81(86)75-71-67-63-59-55-51-48-45-42-39-36-33-31-29-27-25-24-26-28-30-32-34-37-40-43-46-49-53-57-61-65-69-73-77-88-82(87)76-72-68-64-60-56-52-18-16-14-12-10-8-6-4-2/h16,18,79-80,84-85H,3-15,17,19-78H2,1-2H3,(H,83,86)/b18-16-. The van der Waals surface area contributed by atoms with Crippen molar-refractivity contribution in [2.45, 2.75) is 488 Å². The van der Waals surface area contributed by atoms with E-state index in [9.17, 15) is 19.8 Å². The highest BCUT2D eigenvalue weighted by atomic mass is 16.5. The molecule has 6 heteroatoms. The Kier molecular flexibility index (Phi) is 76.8. The van der Waals surface area contributed by atoms with Crippen LogP contribution in [0.2, 0.25) is 0 Å². The largest absolute Gasteiger partial charge is 0.466 e. The van der Waals surface area contributed by atoms with E-state index in [2.05, 4.69) is 31.3 Å². The lowest BCUT2D eigenvalue weighted by molar-refractivity contribution is -0.143. The van der Waals surface area contributed by atoms with Gasteiger partial charge in [0.2, 0.25) is 5.91 Å². The van der Waals surface area contributed by atoms with Gasteiger partial charge >= 0.3 is 5.97 Å². The molecule has 0 fully saturated rings. The minimum absolute atomic E-state index is 0.0144. The van der Waals surface area contributed by atoms with E-state index < -0.39 is 12.1 Å². The number of aliphatic hydroxyl groups is 2. The molecule has 0 aromatic rings. The molecule has 0 aliphatic heterocycles. The molecule has 0 bridgehead atoms. The average Bonchev–Trinajstić information content (AvgIpc) is 3.58. The van der Waals surface area contributed by atoms with Crippen molar-refractivity contribution in [3.63, 3.8) is 0 Å². The van der Waals surface area contributed by atoms with Gasteiger partial charge in [-0.25, -0.2) is 0 Å². The van der Waals surface area contributed by atoms with Crippen LogP contribution < -0.4 is 5.32 Å². The summed E-state index contributed by atoms with van der Waals surface area (Å²) >= 11 is 0. The van der Waals surface area contributed by atoms with Crippen LogP contribution in [0.1, 0.15) is 476 Å². The number of hydrogen-bond acceptors (Lipinski definition) is 5. The second-order valence-electron chi connectivity index (χ2n) is 28.5. The molecule has 0 spiro atoms. The first-order valence-electron chi connectivity index (χ1n) is 40.9. The van der Waals surface area contributed by atoms with Crippen LogP contribution in [-0.2, 0) is 14.3 Å². The third-order valence-corrected chi connectivity index (χ3v) is 19.6. The molecule has 0 saturated carbocycles. The molecule has 2 atom stereocenters. The van der Waals surface area contributed by atoms with Gasteiger partial charge in [0, 0.05) is 12.8 Å². The van der Waals surface area contributed by atoms with Crippen LogP contribution in [0.25, 0.3) is 0 Å². The Hall–Kier alpha value is -1.40. The Morgan fingerprint density at radius 1 is 0.307 bits per heavy atom. The van der Waals surface area contributed by atoms with E-state index in [1.807, 2.05) is 0 Å². The summed E-state index contributed by atoms with van der Waals surface area (Å²) in [6.45, 7) is 5.00. The maximum absolute atomic E-state index is 12.6. The third-order valence-electron chi connectivity index (χ3n) is 19.6. The van der Waals surface area contributed by atoms with E-state index in [-0.39, 0.29) is 18.5 Å². The number of esters is 1. The quantitative estimate of drug-likeness (QED) is 0.0320. The van der Waals surface area contributed by atoms with E-state index >= 15 is 0 Å². The molecular weight excluding hydrogens is 1080 g/mol. The zero-order valence-corrected chi connectivity index (χ0v) is 60.3. The number of carbonyl (C=O) groups excluding carboxylic acids is 2. The summed E-state index contributed by atoms with van der Waals surface area (Å²) in [4.78, 5) is 24.7. The fourth-order valence-electron chi connectivity index (χ4n) is 13.3. The molecule has 2 unspecified atom stereocenters. The zero-order chi connectivity index (χ0) is 63.5. The van der Waals surface area contributed by atoms with E-state index in [1.165, 1.54) is 398 Å². The molecular formula is C82H161NO5. The molecule has 0 aliphatic rings. The highest BCUT2D eigenvalue weighted by Crippen LogP contribution is 2.21. The van der Waals surface area contributed by atoms with Crippen molar-refractivity contribution >= 4 is 11.9 Å². The van der Waals surface area contributed by atoms with Gasteiger partial charge in [-0.1, -0.05) is 424 Å². The molecule has 0 radical (unpaired) electrons. The van der Waals surface area contributed by atoms with Crippen LogP contribution in [-0.4, -0.2) is 47.4 Å². The molecule has 0 saturated heterocycles. The number of hydrogen-bond donors (Lipinski definition) is 3. The SMILES string of the molecule is CCCCCCC/C=C\CCCCCCCC(=O)OCCCCCCCCCCCCCCCCCCCCCCCCCCCCCCCCCCCC(=O)NC(CO)C(O)CCCCCCCCCCCCCCCCCCCCCCCCCC. The van der Waals surface area contributed by atoms with Gasteiger partial charge in [-0.3, -0.25) is 9.59 Å². The van der Waals surface area contributed by atoms with Crippen molar-refractivity contribution in [2.24, 2.45) is 0 Å². The van der Waals surface area contributed by atoms with Gasteiger partial charge < -0.3 is 20.3 Å². The monoisotopic (exact) mass is 1240 g/mol. The predicted molar refractivity (Wildman–Crippen MR) is 389 cm³/mol. The molecule has 3 N–H and O–H groups in total. The Balaban J connectivity index is 3.32. The maximum atomic E-state index is 12.6. The van der Waals surface area contributed by atoms with Crippen molar-refractivity contribution < 1.29 is 24.5 Å². The lowest BCUT2D eigenvalue weighted by Crippen LogP contribution is -2.45. The summed E-state index contributed by atoms with van der Waals surface area (Å²) in [5, 5.41) is 23.5. The van der Waals surface area contributed by atoms with Crippen LogP contribution in [0.15, 0.2) is 12.2 Å². The molecule has 88 heavy (non-hydrogen) atoms. The first-order valence-corrected chi connectivity index (χ1v) is 40.9. The number of unbranched alkanes of at least 4 members (excludes halogenated alkanes) is 65. The van der Waals surface area contributed by atoms with E-state index in [0.717, 1.165) is 44.9 Å². The number of ether oxygens (including phenoxy) is 1. The summed E-state index contributed by atoms with van der Waals surface area (Å²) in [6.07, 6.45) is 98.9. The van der Waals surface area contributed by atoms with Crippen molar-refractivity contribution in [1.82, 2.24) is 5.32 Å². The van der Waals surface area contributed by atoms with Gasteiger partial charge in [0.05, 0.1) is 25.4 Å². The molecule has 0 aromatic carbocycles. The Morgan fingerprint density at radius 2 is 0.534 bits per heavy atom. The lowest BCUT2D eigenvalue weighted by atomic mass is 10.0. The normalized spacial score (nSPS) is 12.5. The van der Waals surface area contributed by atoms with Crippen molar-refractivity contribution in [1.29, 1.82) is 0 Å². The van der Waals surface area contributed by atoms with Gasteiger partial charge in [-0.05, 0) is 51.4 Å². The number of aliphatic hydroxyl groups excluding tert-OH is 2. The number of allylic oxidation sites excluding steroid dienone is 2. The molecule has 0 rings (SSSR count). The minimum atomic E-state index is -0.662. The van der Waals surface area contributed by atoms with Crippen molar-refractivity contribution in [2.75, 3.05) is 13.2 Å². The topological polar surface area (TPSA) is 95.9 Å². The summed E-state index contributed by atoms with van der Waals surface area (Å²) in [5.41, 5.74) is 0. The van der Waals surface area contributed by atoms with Gasteiger partial charge in [0.1, 0.15) is 0 Å². The number of carbonyl (C=O) groups is 2. The second kappa shape index (κ2) is 78.0. The summed E-state index contributed by atoms with van der Waals surface area (Å²) in [7, 11) is 0. The summed E-state index contributed by atoms with van der Waals surface area (Å²) in [6, 6.07) is -0.539. The lowest BCUT2D eigenvalue weighted by Gasteiger charge is -2.22.